The van der Waals surface area contributed by atoms with Gasteiger partial charge in [0.25, 0.3) is 5.91 Å². The van der Waals surface area contributed by atoms with Crippen LogP contribution in [-0.2, 0) is 0 Å². The number of benzene rings is 1. The van der Waals surface area contributed by atoms with Crippen LogP contribution in [0.2, 0.25) is 0 Å². The number of aryl methyl sites for hydroxylation is 1. The molecule has 19 heavy (non-hydrogen) atoms. The predicted octanol–water partition coefficient (Wildman–Crippen LogP) is 2.15. The Hall–Kier alpha value is -1.49. The average Bonchev–Trinajstić information content (AvgIpc) is 2.41. The molecule has 2 N–H and O–H groups in total. The number of hydrogen-bond donors (Lipinski definition) is 2. The highest BCUT2D eigenvalue weighted by Crippen LogP contribution is 2.14. The first kappa shape index (κ1) is 13.9. The van der Waals surface area contributed by atoms with Crippen molar-refractivity contribution < 1.29 is 13.6 Å². The summed E-state index contributed by atoms with van der Waals surface area (Å²) in [7, 11) is 0. The molecular weight excluding hydrogens is 250 g/mol. The summed E-state index contributed by atoms with van der Waals surface area (Å²) in [4.78, 5) is 11.9. The molecule has 1 saturated heterocycles. The van der Waals surface area contributed by atoms with Crippen LogP contribution in [0.15, 0.2) is 12.1 Å². The zero-order valence-electron chi connectivity index (χ0n) is 10.9. The molecule has 104 valence electrons. The Balaban J connectivity index is 1.97. The number of nitrogens with one attached hydrogen (secondary N) is 2. The van der Waals surface area contributed by atoms with Crippen molar-refractivity contribution in [1.29, 1.82) is 0 Å². The van der Waals surface area contributed by atoms with Crippen molar-refractivity contribution in [1.82, 2.24) is 10.6 Å². The number of piperidine rings is 1. The summed E-state index contributed by atoms with van der Waals surface area (Å²) in [6.45, 7) is 2.92. The Kier molecular flexibility index (Phi) is 4.47. The Morgan fingerprint density at radius 3 is 2.84 bits per heavy atom. The van der Waals surface area contributed by atoms with E-state index in [0.717, 1.165) is 31.9 Å². The van der Waals surface area contributed by atoms with Gasteiger partial charge >= 0.3 is 0 Å². The first-order chi connectivity index (χ1) is 9.08. The molecule has 1 fully saturated rings. The summed E-state index contributed by atoms with van der Waals surface area (Å²) in [5.74, 6) is -1.95. The molecule has 0 aliphatic carbocycles. The van der Waals surface area contributed by atoms with Crippen LogP contribution in [-0.4, -0.2) is 25.0 Å². The van der Waals surface area contributed by atoms with Gasteiger partial charge in [-0.1, -0.05) is 6.42 Å². The Labute approximate surface area is 111 Å². The van der Waals surface area contributed by atoms with Gasteiger partial charge in [0.2, 0.25) is 0 Å². The van der Waals surface area contributed by atoms with Crippen molar-refractivity contribution in [3.63, 3.8) is 0 Å². The van der Waals surface area contributed by atoms with E-state index in [0.29, 0.717) is 6.54 Å². The van der Waals surface area contributed by atoms with E-state index in [1.54, 1.807) is 0 Å². The molecule has 0 aromatic heterocycles. The fourth-order valence-electron chi connectivity index (χ4n) is 2.24. The van der Waals surface area contributed by atoms with Gasteiger partial charge in [-0.2, -0.15) is 0 Å². The number of hydrogen-bond acceptors (Lipinski definition) is 2. The highest BCUT2D eigenvalue weighted by Gasteiger charge is 2.17. The van der Waals surface area contributed by atoms with E-state index in [9.17, 15) is 13.6 Å². The van der Waals surface area contributed by atoms with Gasteiger partial charge in [-0.3, -0.25) is 4.79 Å². The van der Waals surface area contributed by atoms with E-state index in [-0.39, 0.29) is 17.2 Å². The van der Waals surface area contributed by atoms with Crippen LogP contribution in [0.5, 0.6) is 0 Å². The second-order valence-electron chi connectivity index (χ2n) is 4.94. The van der Waals surface area contributed by atoms with Gasteiger partial charge in [-0.05, 0) is 37.9 Å². The zero-order chi connectivity index (χ0) is 13.8. The molecule has 3 nitrogen and oxygen atoms in total. The molecule has 1 heterocycles. The molecule has 2 rings (SSSR count). The quantitative estimate of drug-likeness (QED) is 0.882. The van der Waals surface area contributed by atoms with E-state index in [2.05, 4.69) is 10.6 Å². The molecule has 0 bridgehead atoms. The average molecular weight is 268 g/mol. The maximum absolute atomic E-state index is 13.5. The van der Waals surface area contributed by atoms with Crippen LogP contribution < -0.4 is 10.6 Å². The molecule has 1 aliphatic rings. The number of rotatable bonds is 3. The highest BCUT2D eigenvalue weighted by atomic mass is 19.1. The molecule has 0 saturated carbocycles. The number of carbonyl (C=O) groups excluding carboxylic acids is 1. The third-order valence-corrected chi connectivity index (χ3v) is 3.41. The minimum Gasteiger partial charge on any atom is -0.350 e. The SMILES string of the molecule is Cc1cc(C(=O)NCC2CCCCN2)c(F)cc1F. The maximum atomic E-state index is 13.5. The van der Waals surface area contributed by atoms with Gasteiger partial charge in [0.1, 0.15) is 11.6 Å². The van der Waals surface area contributed by atoms with Crippen LogP contribution in [0.4, 0.5) is 8.78 Å². The van der Waals surface area contributed by atoms with Crippen molar-refractivity contribution in [2.75, 3.05) is 13.1 Å². The topological polar surface area (TPSA) is 41.1 Å². The lowest BCUT2D eigenvalue weighted by molar-refractivity contribution is 0.0943. The zero-order valence-corrected chi connectivity index (χ0v) is 10.9. The minimum absolute atomic E-state index is 0.102. The third-order valence-electron chi connectivity index (χ3n) is 3.41. The Morgan fingerprint density at radius 1 is 1.37 bits per heavy atom. The monoisotopic (exact) mass is 268 g/mol. The first-order valence-electron chi connectivity index (χ1n) is 6.55. The van der Waals surface area contributed by atoms with Gasteiger partial charge in [-0.15, -0.1) is 0 Å². The van der Waals surface area contributed by atoms with Crippen LogP contribution in [0.3, 0.4) is 0 Å². The molecule has 1 amide bonds. The first-order valence-corrected chi connectivity index (χ1v) is 6.55. The van der Waals surface area contributed by atoms with Gasteiger partial charge in [0, 0.05) is 18.7 Å². The number of carbonyl (C=O) groups is 1. The smallest absolute Gasteiger partial charge is 0.254 e. The van der Waals surface area contributed by atoms with E-state index in [1.165, 1.54) is 13.0 Å². The fourth-order valence-corrected chi connectivity index (χ4v) is 2.24. The molecule has 1 aromatic rings. The number of halogens is 2. The molecule has 0 spiro atoms. The van der Waals surface area contributed by atoms with Crippen LogP contribution in [0, 0.1) is 18.6 Å². The van der Waals surface area contributed by atoms with Gasteiger partial charge in [0.15, 0.2) is 0 Å². The standard InChI is InChI=1S/C14H18F2N2O/c1-9-6-11(13(16)7-12(9)15)14(19)18-8-10-4-2-3-5-17-10/h6-7,10,17H,2-5,8H2,1H3,(H,18,19). The Morgan fingerprint density at radius 2 is 2.16 bits per heavy atom. The Bertz CT molecular complexity index is 471. The van der Waals surface area contributed by atoms with E-state index < -0.39 is 17.5 Å². The van der Waals surface area contributed by atoms with Crippen LogP contribution in [0.25, 0.3) is 0 Å². The van der Waals surface area contributed by atoms with Crippen molar-refractivity contribution in [3.8, 4) is 0 Å². The van der Waals surface area contributed by atoms with E-state index >= 15 is 0 Å². The van der Waals surface area contributed by atoms with E-state index in [1.807, 2.05) is 0 Å². The molecule has 1 aliphatic heterocycles. The molecule has 0 radical (unpaired) electrons. The van der Waals surface area contributed by atoms with Crippen molar-refractivity contribution >= 4 is 5.91 Å². The van der Waals surface area contributed by atoms with Crippen molar-refractivity contribution in [3.05, 3.63) is 34.9 Å². The van der Waals surface area contributed by atoms with Crippen LogP contribution in [0.1, 0.15) is 35.2 Å². The molecular formula is C14H18F2N2O. The summed E-state index contributed by atoms with van der Waals surface area (Å²) in [5.41, 5.74) is 0.164. The predicted molar refractivity (Wildman–Crippen MR) is 69.1 cm³/mol. The third kappa shape index (κ3) is 3.50. The lowest BCUT2D eigenvalue weighted by atomic mass is 10.0. The summed E-state index contributed by atoms with van der Waals surface area (Å²) < 4.78 is 26.6. The molecule has 1 atom stereocenters. The van der Waals surface area contributed by atoms with E-state index in [4.69, 9.17) is 0 Å². The minimum atomic E-state index is -0.822. The summed E-state index contributed by atoms with van der Waals surface area (Å²) in [6, 6.07) is 2.24. The molecule has 5 heteroatoms. The second-order valence-corrected chi connectivity index (χ2v) is 4.94. The largest absolute Gasteiger partial charge is 0.350 e. The van der Waals surface area contributed by atoms with Gasteiger partial charge < -0.3 is 10.6 Å². The van der Waals surface area contributed by atoms with Crippen molar-refractivity contribution in [2.45, 2.75) is 32.2 Å². The normalized spacial score (nSPS) is 19.2. The number of amides is 1. The lowest BCUT2D eigenvalue weighted by Gasteiger charge is -2.23. The van der Waals surface area contributed by atoms with Crippen LogP contribution >= 0.6 is 0 Å². The lowest BCUT2D eigenvalue weighted by Crippen LogP contribution is -2.43. The summed E-state index contributed by atoms with van der Waals surface area (Å²) in [6.07, 6.45) is 3.29. The fraction of sp³-hybridized carbons (Fsp3) is 0.500. The van der Waals surface area contributed by atoms with Crippen molar-refractivity contribution in [2.24, 2.45) is 0 Å². The summed E-state index contributed by atoms with van der Waals surface area (Å²) >= 11 is 0. The maximum Gasteiger partial charge on any atom is 0.254 e. The highest BCUT2D eigenvalue weighted by molar-refractivity contribution is 5.94. The molecule has 1 aromatic carbocycles. The second kappa shape index (κ2) is 6.10. The molecule has 1 unspecified atom stereocenters. The van der Waals surface area contributed by atoms with Gasteiger partial charge in [0.05, 0.1) is 5.56 Å². The summed E-state index contributed by atoms with van der Waals surface area (Å²) in [5, 5.41) is 5.98. The van der Waals surface area contributed by atoms with Gasteiger partial charge in [-0.25, -0.2) is 8.78 Å².